The van der Waals surface area contributed by atoms with Crippen molar-refractivity contribution in [3.05, 3.63) is 106 Å². The predicted molar refractivity (Wildman–Crippen MR) is 138 cm³/mol. The van der Waals surface area contributed by atoms with Crippen molar-refractivity contribution in [3.8, 4) is 5.75 Å². The van der Waals surface area contributed by atoms with Crippen LogP contribution < -0.4 is 10.1 Å². The van der Waals surface area contributed by atoms with E-state index in [1.54, 1.807) is 43.5 Å². The number of methoxy groups -OCH3 is 1. The molecule has 0 aromatic heterocycles. The minimum Gasteiger partial charge on any atom is -0.497 e. The summed E-state index contributed by atoms with van der Waals surface area (Å²) in [5.74, 6) is 0.899. The summed E-state index contributed by atoms with van der Waals surface area (Å²) in [7, 11) is 1.62. The van der Waals surface area contributed by atoms with Gasteiger partial charge in [-0.1, -0.05) is 23.7 Å². The van der Waals surface area contributed by atoms with Gasteiger partial charge in [0.05, 0.1) is 29.5 Å². The van der Waals surface area contributed by atoms with E-state index in [0.717, 1.165) is 34.3 Å². The Labute approximate surface area is 211 Å². The molecule has 1 amide bonds. The number of hydrazone groups is 1. The molecule has 3 aromatic carbocycles. The van der Waals surface area contributed by atoms with Crippen molar-refractivity contribution < 1.29 is 13.9 Å². The molecule has 3 aromatic rings. The molecular weight excluding hydrogens is 487 g/mol. The van der Waals surface area contributed by atoms with Crippen molar-refractivity contribution in [2.75, 3.05) is 7.11 Å². The van der Waals surface area contributed by atoms with E-state index in [2.05, 4.69) is 10.3 Å². The third-order valence-corrected chi connectivity index (χ3v) is 6.65. The normalized spacial score (nSPS) is 19.9. The van der Waals surface area contributed by atoms with Crippen LogP contribution in [-0.4, -0.2) is 28.9 Å². The van der Waals surface area contributed by atoms with Crippen LogP contribution in [0.1, 0.15) is 23.6 Å². The number of hydrogen-bond donors (Lipinski definition) is 1. The summed E-state index contributed by atoms with van der Waals surface area (Å²) in [6, 6.07) is 20.9. The number of amidine groups is 1. The molecule has 176 valence electrons. The fraction of sp³-hybridized carbons (Fsp3) is 0.115. The molecule has 2 aliphatic rings. The average molecular weight is 507 g/mol. The summed E-state index contributed by atoms with van der Waals surface area (Å²) in [5.41, 5.74) is 3.41. The number of hydrogen-bond acceptors (Lipinski definition) is 6. The third-order valence-electron chi connectivity index (χ3n) is 5.59. The van der Waals surface area contributed by atoms with Gasteiger partial charge in [0.25, 0.3) is 5.24 Å². The minimum atomic E-state index is -0.300. The first kappa shape index (κ1) is 23.1. The van der Waals surface area contributed by atoms with Crippen LogP contribution in [-0.2, 0) is 0 Å². The Kier molecular flexibility index (Phi) is 6.57. The van der Waals surface area contributed by atoms with Crippen LogP contribution in [0, 0.1) is 5.82 Å². The Morgan fingerprint density at radius 1 is 1.11 bits per heavy atom. The van der Waals surface area contributed by atoms with E-state index in [-0.39, 0.29) is 17.1 Å². The Hall–Kier alpha value is -3.62. The first-order valence-electron chi connectivity index (χ1n) is 10.8. The molecule has 2 aliphatic heterocycles. The van der Waals surface area contributed by atoms with Crippen LogP contribution in [0.2, 0.25) is 5.02 Å². The largest absolute Gasteiger partial charge is 0.497 e. The first-order chi connectivity index (χ1) is 17.0. The number of carbonyl (C=O) groups excluding carboxylic acids is 1. The van der Waals surface area contributed by atoms with Crippen molar-refractivity contribution in [1.29, 1.82) is 0 Å². The van der Waals surface area contributed by atoms with E-state index in [9.17, 15) is 9.18 Å². The number of thioether (sulfide) groups is 1. The van der Waals surface area contributed by atoms with Gasteiger partial charge in [-0.3, -0.25) is 9.80 Å². The summed E-state index contributed by atoms with van der Waals surface area (Å²) in [6.45, 7) is 0. The van der Waals surface area contributed by atoms with Gasteiger partial charge in [0, 0.05) is 17.6 Å². The number of benzene rings is 3. The Morgan fingerprint density at radius 2 is 1.83 bits per heavy atom. The number of halogens is 2. The van der Waals surface area contributed by atoms with Gasteiger partial charge in [0.2, 0.25) is 0 Å². The van der Waals surface area contributed by atoms with Gasteiger partial charge in [-0.25, -0.2) is 9.38 Å². The van der Waals surface area contributed by atoms with E-state index < -0.39 is 0 Å². The van der Waals surface area contributed by atoms with Crippen LogP contribution in [0.5, 0.6) is 5.75 Å². The first-order valence-corrected chi connectivity index (χ1v) is 12.0. The summed E-state index contributed by atoms with van der Waals surface area (Å²) in [5, 5.41) is 9.84. The van der Waals surface area contributed by atoms with Gasteiger partial charge in [-0.15, -0.1) is 0 Å². The minimum absolute atomic E-state index is 0.173. The van der Waals surface area contributed by atoms with Crippen LogP contribution in [0.3, 0.4) is 0 Å². The molecule has 1 unspecified atom stereocenters. The van der Waals surface area contributed by atoms with Crippen molar-refractivity contribution in [1.82, 2.24) is 10.3 Å². The maximum atomic E-state index is 13.6. The van der Waals surface area contributed by atoms with Gasteiger partial charge in [-0.05, 0) is 83.6 Å². The fourth-order valence-corrected chi connectivity index (χ4v) is 4.65. The number of aliphatic imine (C=N–C) groups is 1. The molecule has 0 bridgehead atoms. The highest BCUT2D eigenvalue weighted by atomic mass is 35.5. The maximum absolute atomic E-state index is 13.6. The number of rotatable bonds is 5. The standard InChI is InChI=1S/C26H20ClFN4O2S/c1-34-21-12-4-16(5-13-21)22-14-23(17-2-8-19(28)9-3-17)32(31-22)15-24-25(30-26(33)35-24)29-20-10-6-18(27)7-11-20/h2-13,15,23H,14H2,1H3,(H,29,30,33)/b24-15-. The van der Waals surface area contributed by atoms with Crippen LogP contribution in [0.25, 0.3) is 0 Å². The molecule has 0 saturated carbocycles. The molecule has 1 fully saturated rings. The van der Waals surface area contributed by atoms with E-state index in [1.165, 1.54) is 12.1 Å². The number of ether oxygens (including phenoxy) is 1. The number of amides is 1. The van der Waals surface area contributed by atoms with Crippen molar-refractivity contribution in [2.45, 2.75) is 12.5 Å². The SMILES string of the molecule is COc1ccc(C2=NN(/C=C3\SC(=O)NC3=Nc3ccc(Cl)cc3)C(c3ccc(F)cc3)C2)cc1. The second-order valence-electron chi connectivity index (χ2n) is 7.87. The van der Waals surface area contributed by atoms with Crippen LogP contribution in [0.4, 0.5) is 14.9 Å². The quantitative estimate of drug-likeness (QED) is 0.420. The summed E-state index contributed by atoms with van der Waals surface area (Å²) >= 11 is 7.02. The van der Waals surface area contributed by atoms with Gasteiger partial charge < -0.3 is 10.1 Å². The molecule has 0 aliphatic carbocycles. The Morgan fingerprint density at radius 3 is 2.51 bits per heavy atom. The van der Waals surface area contributed by atoms with Gasteiger partial charge in [-0.2, -0.15) is 5.10 Å². The molecule has 0 radical (unpaired) electrons. The summed E-state index contributed by atoms with van der Waals surface area (Å²) < 4.78 is 18.9. The molecule has 1 saturated heterocycles. The zero-order valence-corrected chi connectivity index (χ0v) is 20.2. The lowest BCUT2D eigenvalue weighted by atomic mass is 9.98. The maximum Gasteiger partial charge on any atom is 0.289 e. The molecule has 6 nitrogen and oxygen atoms in total. The van der Waals surface area contributed by atoms with Crippen LogP contribution in [0.15, 0.2) is 94.0 Å². The summed E-state index contributed by atoms with van der Waals surface area (Å²) in [4.78, 5) is 17.4. The van der Waals surface area contributed by atoms with E-state index in [1.807, 2.05) is 35.5 Å². The Bertz CT molecular complexity index is 1340. The molecule has 1 N–H and O–H groups in total. The molecule has 0 spiro atoms. The molecule has 2 heterocycles. The highest BCUT2D eigenvalue weighted by molar-refractivity contribution is 8.18. The molecular formula is C26H20ClFN4O2S. The van der Waals surface area contributed by atoms with E-state index in [4.69, 9.17) is 21.4 Å². The molecule has 35 heavy (non-hydrogen) atoms. The predicted octanol–water partition coefficient (Wildman–Crippen LogP) is 6.67. The lowest BCUT2D eigenvalue weighted by Gasteiger charge is -2.20. The van der Waals surface area contributed by atoms with Gasteiger partial charge >= 0.3 is 0 Å². The van der Waals surface area contributed by atoms with Crippen molar-refractivity contribution in [2.24, 2.45) is 10.1 Å². The second kappa shape index (κ2) is 9.93. The van der Waals surface area contributed by atoms with Crippen LogP contribution >= 0.6 is 23.4 Å². The van der Waals surface area contributed by atoms with Gasteiger partial charge in [0.1, 0.15) is 17.4 Å². The molecule has 5 rings (SSSR count). The van der Waals surface area contributed by atoms with Crippen molar-refractivity contribution >= 4 is 45.8 Å². The second-order valence-corrected chi connectivity index (χ2v) is 9.32. The number of nitrogens with zero attached hydrogens (tertiary/aromatic N) is 3. The third kappa shape index (κ3) is 5.23. The zero-order chi connectivity index (χ0) is 24.4. The lowest BCUT2D eigenvalue weighted by molar-refractivity contribution is 0.265. The highest BCUT2D eigenvalue weighted by Crippen LogP contribution is 2.36. The number of carbonyl (C=O) groups is 1. The monoisotopic (exact) mass is 506 g/mol. The van der Waals surface area contributed by atoms with Crippen molar-refractivity contribution in [3.63, 3.8) is 0 Å². The zero-order valence-electron chi connectivity index (χ0n) is 18.6. The van der Waals surface area contributed by atoms with Gasteiger partial charge in [0.15, 0.2) is 0 Å². The van der Waals surface area contributed by atoms with E-state index in [0.29, 0.717) is 27.9 Å². The summed E-state index contributed by atoms with van der Waals surface area (Å²) in [6.07, 6.45) is 2.42. The Balaban J connectivity index is 1.51. The molecule has 1 atom stereocenters. The molecule has 9 heteroatoms. The van der Waals surface area contributed by atoms with E-state index >= 15 is 0 Å². The number of nitrogens with one attached hydrogen (secondary N) is 1. The smallest absolute Gasteiger partial charge is 0.289 e. The lowest BCUT2D eigenvalue weighted by Crippen LogP contribution is -2.20. The topological polar surface area (TPSA) is 66.3 Å². The fourth-order valence-electron chi connectivity index (χ4n) is 3.83. The average Bonchev–Trinajstić information content (AvgIpc) is 3.44. The highest BCUT2D eigenvalue weighted by Gasteiger charge is 2.31.